The number of sulfone groups is 1. The monoisotopic (exact) mass is 540 g/mol. The Morgan fingerprint density at radius 3 is 1.11 bits per heavy atom. The second-order valence-electron chi connectivity index (χ2n) is 9.09. The fraction of sp³-hybridized carbons (Fsp3) is 0.500. The maximum atomic E-state index is 13.4. The van der Waals surface area contributed by atoms with E-state index in [-0.39, 0.29) is 19.6 Å². The van der Waals surface area contributed by atoms with Crippen molar-refractivity contribution in [1.29, 1.82) is 0 Å². The fourth-order valence-corrected chi connectivity index (χ4v) is 9.23. The van der Waals surface area contributed by atoms with Gasteiger partial charge in [0.25, 0.3) is 0 Å². The van der Waals surface area contributed by atoms with Crippen LogP contribution in [0.1, 0.15) is 51.4 Å². The molecule has 0 unspecified atom stereocenters. The van der Waals surface area contributed by atoms with Gasteiger partial charge in [-0.3, -0.25) is 0 Å². The molecule has 0 radical (unpaired) electrons. The summed E-state index contributed by atoms with van der Waals surface area (Å²) in [5.41, 5.74) is 0. The largest absolute Gasteiger partial charge is 0.243 e. The van der Waals surface area contributed by atoms with Crippen molar-refractivity contribution in [2.24, 2.45) is 0 Å². The van der Waals surface area contributed by atoms with Crippen molar-refractivity contribution in [3.8, 4) is 0 Å². The lowest BCUT2D eigenvalue weighted by Gasteiger charge is -2.21. The average molecular weight is 541 g/mol. The van der Waals surface area contributed by atoms with Crippen LogP contribution in [-0.2, 0) is 29.9 Å². The third kappa shape index (κ3) is 5.64. The van der Waals surface area contributed by atoms with Gasteiger partial charge in [-0.25, -0.2) is 25.3 Å². The lowest BCUT2D eigenvalue weighted by atomic mass is 10.2. The number of rotatable bonds is 6. The summed E-state index contributed by atoms with van der Waals surface area (Å²) >= 11 is 0. The minimum absolute atomic E-state index is 0.0752. The van der Waals surface area contributed by atoms with Crippen LogP contribution in [0.3, 0.4) is 0 Å². The third-order valence-corrected chi connectivity index (χ3v) is 12.2. The van der Waals surface area contributed by atoms with E-state index in [1.54, 1.807) is 0 Å². The maximum Gasteiger partial charge on any atom is 0.243 e. The summed E-state index contributed by atoms with van der Waals surface area (Å²) in [5, 5.41) is 0. The molecule has 2 heterocycles. The zero-order chi connectivity index (χ0) is 25.1. The molecule has 2 aliphatic rings. The van der Waals surface area contributed by atoms with Gasteiger partial charge in [0.1, 0.15) is 0 Å². The van der Waals surface area contributed by atoms with E-state index in [0.29, 0.717) is 26.2 Å². The highest BCUT2D eigenvalue weighted by Crippen LogP contribution is 2.28. The zero-order valence-corrected chi connectivity index (χ0v) is 22.1. The van der Waals surface area contributed by atoms with Crippen LogP contribution in [0.2, 0.25) is 0 Å². The van der Waals surface area contributed by atoms with E-state index in [1.807, 2.05) is 0 Å². The fourth-order valence-electron chi connectivity index (χ4n) is 4.60. The Bertz CT molecular complexity index is 1260. The first kappa shape index (κ1) is 26.3. The van der Waals surface area contributed by atoms with Crippen LogP contribution >= 0.6 is 0 Å². The molecule has 0 N–H and O–H groups in total. The topological polar surface area (TPSA) is 109 Å². The molecule has 0 amide bonds. The zero-order valence-electron chi connectivity index (χ0n) is 19.7. The normalized spacial score (nSPS) is 19.7. The first-order valence-corrected chi connectivity index (χ1v) is 16.5. The summed E-state index contributed by atoms with van der Waals surface area (Å²) in [6.45, 7) is 1.65. The Morgan fingerprint density at radius 1 is 0.457 bits per heavy atom. The highest BCUT2D eigenvalue weighted by molar-refractivity contribution is 7.92. The first-order valence-electron chi connectivity index (χ1n) is 12.1. The molecule has 0 aliphatic carbocycles. The van der Waals surface area contributed by atoms with Crippen LogP contribution in [-0.4, -0.2) is 60.0 Å². The summed E-state index contributed by atoms with van der Waals surface area (Å²) < 4.78 is 82.5. The van der Waals surface area contributed by atoms with E-state index in [9.17, 15) is 25.3 Å². The molecule has 8 nitrogen and oxygen atoms in total. The summed E-state index contributed by atoms with van der Waals surface area (Å²) in [7, 11) is -11.8. The van der Waals surface area contributed by atoms with Crippen LogP contribution in [0.5, 0.6) is 0 Å². The lowest BCUT2D eigenvalue weighted by molar-refractivity contribution is 0.423. The smallest absolute Gasteiger partial charge is 0.219 e. The van der Waals surface area contributed by atoms with Gasteiger partial charge in [-0.1, -0.05) is 37.8 Å². The maximum absolute atomic E-state index is 13.4. The Balaban J connectivity index is 1.67. The number of hydrogen-bond acceptors (Lipinski definition) is 6. The van der Waals surface area contributed by atoms with Gasteiger partial charge in [0.2, 0.25) is 29.9 Å². The molecule has 0 spiro atoms. The van der Waals surface area contributed by atoms with E-state index in [1.165, 1.54) is 57.1 Å². The standard InChI is InChI=1S/C24H32N2O6S3/c27-33(28,21-11-9-13-23(19-21)34(29,30)25-15-5-1-2-6-16-25)22-12-10-14-24(20-22)35(31,32)26-17-7-3-4-8-18-26/h9-14,19-20H,1-8,15-18H2. The van der Waals surface area contributed by atoms with Crippen molar-refractivity contribution in [2.75, 3.05) is 26.2 Å². The molecule has 2 aromatic rings. The van der Waals surface area contributed by atoms with E-state index >= 15 is 0 Å². The summed E-state index contributed by atoms with van der Waals surface area (Å²) in [5.74, 6) is 0. The second kappa shape index (κ2) is 10.7. The predicted octanol–water partition coefficient (Wildman–Crippen LogP) is 3.65. The summed E-state index contributed by atoms with van der Waals surface area (Å²) in [4.78, 5) is -0.516. The molecule has 11 heteroatoms. The van der Waals surface area contributed by atoms with Crippen molar-refractivity contribution in [3.63, 3.8) is 0 Å². The van der Waals surface area contributed by atoms with Crippen molar-refractivity contribution in [1.82, 2.24) is 8.61 Å². The van der Waals surface area contributed by atoms with Crippen molar-refractivity contribution < 1.29 is 25.3 Å². The van der Waals surface area contributed by atoms with E-state index in [4.69, 9.17) is 0 Å². The van der Waals surface area contributed by atoms with Crippen LogP contribution in [0.25, 0.3) is 0 Å². The molecular weight excluding hydrogens is 508 g/mol. The Kier molecular flexibility index (Phi) is 8.02. The van der Waals surface area contributed by atoms with Crippen molar-refractivity contribution in [3.05, 3.63) is 48.5 Å². The third-order valence-electron chi connectivity index (χ3n) is 6.64. The molecule has 0 atom stereocenters. The van der Waals surface area contributed by atoms with Crippen LogP contribution in [0, 0.1) is 0 Å². The van der Waals surface area contributed by atoms with Gasteiger partial charge in [-0.05, 0) is 62.1 Å². The Labute approximate surface area is 209 Å². The summed E-state index contributed by atoms with van der Waals surface area (Å²) in [6, 6.07) is 10.7. The van der Waals surface area contributed by atoms with Gasteiger partial charge >= 0.3 is 0 Å². The van der Waals surface area contributed by atoms with Gasteiger partial charge in [-0.15, -0.1) is 0 Å². The quantitative estimate of drug-likeness (QED) is 0.553. The Morgan fingerprint density at radius 2 is 0.771 bits per heavy atom. The van der Waals surface area contributed by atoms with Crippen LogP contribution in [0.4, 0.5) is 0 Å². The van der Waals surface area contributed by atoms with Crippen LogP contribution < -0.4 is 0 Å². The SMILES string of the molecule is O=S(=O)(c1cccc(S(=O)(=O)N2CCCCCC2)c1)c1cccc(S(=O)(=O)N2CCCCCC2)c1. The molecule has 2 saturated heterocycles. The van der Waals surface area contributed by atoms with E-state index in [0.717, 1.165) is 51.4 Å². The molecule has 2 aromatic carbocycles. The van der Waals surface area contributed by atoms with Gasteiger partial charge in [0.05, 0.1) is 19.6 Å². The summed E-state index contributed by atoms with van der Waals surface area (Å²) in [6.07, 6.45) is 6.97. The molecule has 2 fully saturated rings. The number of hydrogen-bond donors (Lipinski definition) is 0. The highest BCUT2D eigenvalue weighted by Gasteiger charge is 2.29. The Hall–Kier alpha value is -1.79. The molecule has 0 saturated carbocycles. The minimum Gasteiger partial charge on any atom is -0.219 e. The minimum atomic E-state index is -4.15. The molecule has 0 bridgehead atoms. The van der Waals surface area contributed by atoms with E-state index in [2.05, 4.69) is 0 Å². The van der Waals surface area contributed by atoms with E-state index < -0.39 is 29.9 Å². The van der Waals surface area contributed by atoms with Crippen molar-refractivity contribution >= 4 is 29.9 Å². The second-order valence-corrected chi connectivity index (χ2v) is 14.9. The number of benzene rings is 2. The van der Waals surface area contributed by atoms with Gasteiger partial charge < -0.3 is 0 Å². The average Bonchev–Trinajstić information content (AvgIpc) is 3.31. The van der Waals surface area contributed by atoms with Gasteiger partial charge in [-0.2, -0.15) is 8.61 Å². The van der Waals surface area contributed by atoms with Gasteiger partial charge in [0.15, 0.2) is 0 Å². The predicted molar refractivity (Wildman–Crippen MR) is 133 cm³/mol. The lowest BCUT2D eigenvalue weighted by Crippen LogP contribution is -2.32. The first-order chi connectivity index (χ1) is 16.6. The number of sulfonamides is 2. The molecular formula is C24H32N2O6S3. The number of nitrogens with zero attached hydrogens (tertiary/aromatic N) is 2. The molecule has 0 aromatic heterocycles. The molecule has 35 heavy (non-hydrogen) atoms. The van der Waals surface area contributed by atoms with Crippen LogP contribution in [0.15, 0.2) is 68.1 Å². The highest BCUT2D eigenvalue weighted by atomic mass is 32.2. The molecule has 2 aliphatic heterocycles. The molecule has 192 valence electrons. The molecule has 4 rings (SSSR count). The van der Waals surface area contributed by atoms with Gasteiger partial charge in [0, 0.05) is 26.2 Å². The van der Waals surface area contributed by atoms with Crippen molar-refractivity contribution in [2.45, 2.75) is 70.9 Å².